The molecule has 6 aliphatic rings. The Hall–Kier alpha value is -1.35. The molecule has 2 unspecified atom stereocenters. The average molecular weight is 409 g/mol. The second-order valence-electron chi connectivity index (χ2n) is 11.7. The zero-order chi connectivity index (χ0) is 20.9. The highest BCUT2D eigenvalue weighted by Crippen LogP contribution is 2.68. The molecule has 0 bridgehead atoms. The van der Waals surface area contributed by atoms with Crippen LogP contribution in [-0.4, -0.2) is 18.2 Å². The Morgan fingerprint density at radius 3 is 2.70 bits per heavy atom. The first kappa shape index (κ1) is 19.3. The van der Waals surface area contributed by atoms with E-state index in [1.54, 1.807) is 5.57 Å². The molecule has 2 aliphatic heterocycles. The molecule has 2 heterocycles. The van der Waals surface area contributed by atoms with Crippen LogP contribution in [0.5, 0.6) is 0 Å². The van der Waals surface area contributed by atoms with Crippen molar-refractivity contribution in [2.24, 2.45) is 34.5 Å². The Bertz CT molecular complexity index is 886. The lowest BCUT2D eigenvalue weighted by Gasteiger charge is -2.58. The molecular formula is C27H36O3. The van der Waals surface area contributed by atoms with Gasteiger partial charge in [0.05, 0.1) is 6.61 Å². The number of ether oxygens (including phenoxy) is 2. The van der Waals surface area contributed by atoms with Crippen LogP contribution in [0.4, 0.5) is 0 Å². The summed E-state index contributed by atoms with van der Waals surface area (Å²) in [5.41, 5.74) is 4.42. The molecule has 6 rings (SSSR count). The number of carbonyl (C=O) groups excluding carboxylic acids is 1. The van der Waals surface area contributed by atoms with Gasteiger partial charge in [0.15, 0.2) is 0 Å². The summed E-state index contributed by atoms with van der Waals surface area (Å²) >= 11 is 0. The molecule has 3 heteroatoms. The Morgan fingerprint density at radius 1 is 1.10 bits per heavy atom. The van der Waals surface area contributed by atoms with Crippen LogP contribution >= 0.6 is 0 Å². The predicted octanol–water partition coefficient (Wildman–Crippen LogP) is 6.11. The number of ketones is 1. The van der Waals surface area contributed by atoms with E-state index in [1.807, 2.05) is 0 Å². The Morgan fingerprint density at radius 2 is 1.93 bits per heavy atom. The van der Waals surface area contributed by atoms with E-state index in [-0.39, 0.29) is 5.41 Å². The van der Waals surface area contributed by atoms with Gasteiger partial charge in [-0.2, -0.15) is 0 Å². The van der Waals surface area contributed by atoms with Crippen LogP contribution in [0.2, 0.25) is 0 Å². The number of hydrogen-bond acceptors (Lipinski definition) is 3. The van der Waals surface area contributed by atoms with Gasteiger partial charge < -0.3 is 9.47 Å². The monoisotopic (exact) mass is 408 g/mol. The van der Waals surface area contributed by atoms with Crippen LogP contribution < -0.4 is 0 Å². The third-order valence-electron chi connectivity index (χ3n) is 10.2. The normalized spacial score (nSPS) is 49.9. The van der Waals surface area contributed by atoms with Crippen molar-refractivity contribution in [3.63, 3.8) is 0 Å². The van der Waals surface area contributed by atoms with Gasteiger partial charge in [-0.3, -0.25) is 4.79 Å². The topological polar surface area (TPSA) is 35.5 Å². The number of Topliss-reactive ketones (excluding diaryl/α,β-unsaturated/α-hetero) is 1. The maximum absolute atomic E-state index is 12.1. The van der Waals surface area contributed by atoms with Crippen LogP contribution in [-0.2, 0) is 14.3 Å². The maximum Gasteiger partial charge on any atom is 0.237 e. The van der Waals surface area contributed by atoms with Crippen LogP contribution in [0.3, 0.4) is 0 Å². The summed E-state index contributed by atoms with van der Waals surface area (Å²) in [6.45, 7) is 12.5. The first-order valence-corrected chi connectivity index (χ1v) is 12.3. The molecule has 0 radical (unpaired) electrons. The molecule has 7 atom stereocenters. The summed E-state index contributed by atoms with van der Waals surface area (Å²) in [6, 6.07) is 0. The second-order valence-corrected chi connectivity index (χ2v) is 11.7. The zero-order valence-corrected chi connectivity index (χ0v) is 18.9. The minimum absolute atomic E-state index is 0.0528. The third-order valence-corrected chi connectivity index (χ3v) is 10.2. The van der Waals surface area contributed by atoms with Crippen molar-refractivity contribution in [2.45, 2.75) is 84.3 Å². The first-order chi connectivity index (χ1) is 14.3. The van der Waals surface area contributed by atoms with Gasteiger partial charge in [-0.15, -0.1) is 0 Å². The minimum atomic E-state index is -0.605. The molecule has 4 fully saturated rings. The second kappa shape index (κ2) is 6.12. The fourth-order valence-electron chi connectivity index (χ4n) is 8.29. The number of hydrogen-bond donors (Lipinski definition) is 0. The van der Waals surface area contributed by atoms with Crippen molar-refractivity contribution in [1.82, 2.24) is 0 Å². The molecule has 30 heavy (non-hydrogen) atoms. The van der Waals surface area contributed by atoms with Crippen LogP contribution in [0, 0.1) is 34.5 Å². The molecule has 4 aliphatic carbocycles. The Kier molecular flexibility index (Phi) is 3.95. The van der Waals surface area contributed by atoms with E-state index in [1.165, 1.54) is 31.3 Å². The smallest absolute Gasteiger partial charge is 0.237 e. The molecule has 1 spiro atoms. The molecule has 0 aromatic carbocycles. The molecule has 0 aromatic rings. The molecule has 0 N–H and O–H groups in total. The molecule has 1 saturated heterocycles. The van der Waals surface area contributed by atoms with Gasteiger partial charge >= 0.3 is 0 Å². The molecule has 3 saturated carbocycles. The highest BCUT2D eigenvalue weighted by atomic mass is 16.7. The van der Waals surface area contributed by atoms with Crippen molar-refractivity contribution >= 4 is 5.78 Å². The maximum atomic E-state index is 12.1. The van der Waals surface area contributed by atoms with Gasteiger partial charge in [-0.25, -0.2) is 0 Å². The van der Waals surface area contributed by atoms with E-state index in [4.69, 9.17) is 9.47 Å². The summed E-state index contributed by atoms with van der Waals surface area (Å²) in [4.78, 5) is 12.1. The van der Waals surface area contributed by atoms with E-state index in [9.17, 15) is 4.79 Å². The largest absolute Gasteiger partial charge is 0.458 e. The van der Waals surface area contributed by atoms with Crippen LogP contribution in [0.25, 0.3) is 0 Å². The quantitative estimate of drug-likeness (QED) is 0.485. The van der Waals surface area contributed by atoms with Crippen LogP contribution in [0.15, 0.2) is 35.1 Å². The van der Waals surface area contributed by atoms with Crippen molar-refractivity contribution in [2.75, 3.05) is 6.61 Å². The fraction of sp³-hybridized carbons (Fsp3) is 0.741. The molecular weight excluding hydrogens is 372 g/mol. The van der Waals surface area contributed by atoms with Gasteiger partial charge in [0.2, 0.25) is 5.79 Å². The highest BCUT2D eigenvalue weighted by Gasteiger charge is 2.61. The number of allylic oxidation sites excluding steroid dienone is 2. The molecule has 3 nitrogen and oxygen atoms in total. The summed E-state index contributed by atoms with van der Waals surface area (Å²) in [5, 5.41) is 0. The highest BCUT2D eigenvalue weighted by molar-refractivity contribution is 5.79. The number of fused-ring (bicyclic) bond motifs is 6. The molecule has 162 valence electrons. The SMILES string of the molecule is C=C1C2=C(C=C3[C@@H]4CCC5CC(=O)CC[C@]5(C)[C@H]4CC[C@@]32C)O[C@]12CCC(C)CO2. The van der Waals surface area contributed by atoms with Gasteiger partial charge in [-0.05, 0) is 73.7 Å². The standard InChI is InChI=1S/C27H36O3/c1-16-7-12-27(29-15-16)17(2)24-23(30-27)14-22-20-6-5-18-13-19(28)8-10-25(18,3)21(20)9-11-26(22,24)4/h14,16,18,20-21H,2,5-13,15H2,1,3-4H3/t16?,18?,20-,21+,25+,26+,27-/m1/s1. The summed E-state index contributed by atoms with van der Waals surface area (Å²) < 4.78 is 12.9. The van der Waals surface area contributed by atoms with Gasteiger partial charge in [0.25, 0.3) is 0 Å². The van der Waals surface area contributed by atoms with E-state index < -0.39 is 5.79 Å². The summed E-state index contributed by atoms with van der Waals surface area (Å²) in [7, 11) is 0. The first-order valence-electron chi connectivity index (χ1n) is 12.3. The van der Waals surface area contributed by atoms with Crippen molar-refractivity contribution in [3.8, 4) is 0 Å². The molecule has 0 amide bonds. The summed E-state index contributed by atoms with van der Waals surface area (Å²) in [5.74, 6) is 3.47. The van der Waals surface area contributed by atoms with Crippen LogP contribution in [0.1, 0.15) is 78.6 Å². The summed E-state index contributed by atoms with van der Waals surface area (Å²) in [6.07, 6.45) is 12.0. The number of carbonyl (C=O) groups is 1. The van der Waals surface area contributed by atoms with E-state index >= 15 is 0 Å². The van der Waals surface area contributed by atoms with Crippen molar-refractivity contribution < 1.29 is 14.3 Å². The minimum Gasteiger partial charge on any atom is -0.458 e. The zero-order valence-electron chi connectivity index (χ0n) is 18.9. The van der Waals surface area contributed by atoms with Gasteiger partial charge in [-0.1, -0.05) is 32.9 Å². The Balaban J connectivity index is 1.32. The number of rotatable bonds is 0. The lowest BCUT2D eigenvalue weighted by molar-refractivity contribution is -0.207. The fourth-order valence-corrected chi connectivity index (χ4v) is 8.29. The predicted molar refractivity (Wildman–Crippen MR) is 116 cm³/mol. The third kappa shape index (κ3) is 2.34. The van der Waals surface area contributed by atoms with Gasteiger partial charge in [0, 0.05) is 35.8 Å². The Labute approximate surface area is 181 Å². The van der Waals surface area contributed by atoms with E-state index in [0.29, 0.717) is 34.9 Å². The van der Waals surface area contributed by atoms with Crippen molar-refractivity contribution in [3.05, 3.63) is 35.1 Å². The van der Waals surface area contributed by atoms with E-state index in [0.717, 1.165) is 50.0 Å². The van der Waals surface area contributed by atoms with Crippen molar-refractivity contribution in [1.29, 1.82) is 0 Å². The lowest BCUT2D eigenvalue weighted by atomic mass is 9.46. The average Bonchev–Trinajstić information content (AvgIpc) is 3.16. The van der Waals surface area contributed by atoms with E-state index in [2.05, 4.69) is 33.4 Å². The lowest BCUT2D eigenvalue weighted by Crippen LogP contribution is -2.51. The van der Waals surface area contributed by atoms with Gasteiger partial charge in [0.1, 0.15) is 11.5 Å². The molecule has 0 aromatic heterocycles.